The Hall–Kier alpha value is -2.41. The summed E-state index contributed by atoms with van der Waals surface area (Å²) in [6.45, 7) is 3.55. The van der Waals surface area contributed by atoms with Crippen molar-refractivity contribution in [3.8, 4) is 16.3 Å². The number of ether oxygens (including phenoxy) is 2. The van der Waals surface area contributed by atoms with Crippen LogP contribution in [-0.2, 0) is 9.53 Å². The predicted octanol–water partition coefficient (Wildman–Crippen LogP) is 2.89. The second-order valence-electron chi connectivity index (χ2n) is 5.22. The van der Waals surface area contributed by atoms with Crippen LogP contribution in [0, 0.1) is 0 Å². The maximum absolute atomic E-state index is 12.0. The number of rotatable bonds is 7. The molecule has 1 aromatic heterocycles. The van der Waals surface area contributed by atoms with Gasteiger partial charge < -0.3 is 14.8 Å². The first-order valence-corrected chi connectivity index (χ1v) is 8.48. The van der Waals surface area contributed by atoms with Crippen LogP contribution in [0.3, 0.4) is 0 Å². The lowest BCUT2D eigenvalue weighted by atomic mass is 10.2. The van der Waals surface area contributed by atoms with Crippen LogP contribution >= 0.6 is 11.3 Å². The molecule has 0 fully saturated rings. The van der Waals surface area contributed by atoms with E-state index in [0.717, 1.165) is 17.7 Å². The third-order valence-corrected chi connectivity index (χ3v) is 4.30. The molecule has 128 valence electrons. The molecule has 0 saturated carbocycles. The normalized spacial score (nSPS) is 11.6. The number of hydrogen-bond acceptors (Lipinski definition) is 6. The minimum atomic E-state index is -0.606. The van der Waals surface area contributed by atoms with Crippen molar-refractivity contribution in [1.29, 1.82) is 0 Å². The van der Waals surface area contributed by atoms with Crippen LogP contribution in [0.25, 0.3) is 10.6 Å². The molecule has 24 heavy (non-hydrogen) atoms. The van der Waals surface area contributed by atoms with Gasteiger partial charge in [-0.1, -0.05) is 6.92 Å². The first-order valence-electron chi connectivity index (χ1n) is 7.60. The molecule has 0 radical (unpaired) electrons. The summed E-state index contributed by atoms with van der Waals surface area (Å²) in [6.07, 6.45) is 0.816. The number of nitrogens with one attached hydrogen (secondary N) is 1. The summed E-state index contributed by atoms with van der Waals surface area (Å²) in [4.78, 5) is 27.9. The highest BCUT2D eigenvalue weighted by Gasteiger charge is 2.15. The zero-order valence-corrected chi connectivity index (χ0v) is 14.7. The van der Waals surface area contributed by atoms with Crippen molar-refractivity contribution in [2.24, 2.45) is 0 Å². The number of thiazole rings is 1. The van der Waals surface area contributed by atoms with E-state index in [-0.39, 0.29) is 24.2 Å². The first-order chi connectivity index (χ1) is 11.5. The number of hydrogen-bond donors (Lipinski definition) is 1. The van der Waals surface area contributed by atoms with E-state index in [1.807, 2.05) is 38.1 Å². The largest absolute Gasteiger partial charge is 0.497 e. The van der Waals surface area contributed by atoms with E-state index in [1.165, 1.54) is 11.3 Å². The number of benzene rings is 1. The molecular formula is C17H20N2O4S. The Morgan fingerprint density at radius 1 is 1.29 bits per heavy atom. The maximum atomic E-state index is 12.0. The lowest BCUT2D eigenvalue weighted by Gasteiger charge is -2.10. The number of carbonyl (C=O) groups is 2. The third kappa shape index (κ3) is 4.79. The lowest BCUT2D eigenvalue weighted by molar-refractivity contribution is -0.124. The molecule has 1 N–H and O–H groups in total. The molecule has 0 bridgehead atoms. The SMILES string of the molecule is CC[C@@H](C)NC(=O)COC(=O)c1csc(-c2ccc(OC)cc2)n1. The maximum Gasteiger partial charge on any atom is 0.358 e. The number of amides is 1. The average Bonchev–Trinajstić information content (AvgIpc) is 3.09. The predicted molar refractivity (Wildman–Crippen MR) is 92.3 cm³/mol. The van der Waals surface area contributed by atoms with Gasteiger partial charge in [0.2, 0.25) is 0 Å². The zero-order valence-electron chi connectivity index (χ0n) is 13.9. The molecular weight excluding hydrogens is 328 g/mol. The van der Waals surface area contributed by atoms with E-state index in [9.17, 15) is 9.59 Å². The van der Waals surface area contributed by atoms with Crippen molar-refractivity contribution < 1.29 is 19.1 Å². The smallest absolute Gasteiger partial charge is 0.358 e. The molecule has 2 aromatic rings. The topological polar surface area (TPSA) is 77.5 Å². The summed E-state index contributed by atoms with van der Waals surface area (Å²) in [5, 5.41) is 5.05. The van der Waals surface area contributed by atoms with Crippen LogP contribution < -0.4 is 10.1 Å². The summed E-state index contributed by atoms with van der Waals surface area (Å²) in [5.74, 6) is -0.170. The standard InChI is InChI=1S/C17H20N2O4S/c1-4-11(2)18-15(20)9-23-17(21)14-10-24-16(19-14)12-5-7-13(22-3)8-6-12/h5-8,10-11H,4,9H2,1-3H3,(H,18,20)/t11-/m1/s1. The lowest BCUT2D eigenvalue weighted by Crippen LogP contribution is -2.35. The molecule has 7 heteroatoms. The zero-order chi connectivity index (χ0) is 17.5. The Labute approximate surface area is 144 Å². The second kappa shape index (κ2) is 8.44. The fourth-order valence-corrected chi connectivity index (χ4v) is 2.65. The third-order valence-electron chi connectivity index (χ3n) is 3.40. The van der Waals surface area contributed by atoms with E-state index in [1.54, 1.807) is 12.5 Å². The summed E-state index contributed by atoms with van der Waals surface area (Å²) in [6, 6.07) is 7.44. The second-order valence-corrected chi connectivity index (χ2v) is 6.08. The fraction of sp³-hybridized carbons (Fsp3) is 0.353. The van der Waals surface area contributed by atoms with Crippen LogP contribution in [-0.4, -0.2) is 36.6 Å². The quantitative estimate of drug-likeness (QED) is 0.779. The molecule has 2 rings (SSSR count). The highest BCUT2D eigenvalue weighted by molar-refractivity contribution is 7.13. The number of methoxy groups -OCH3 is 1. The molecule has 6 nitrogen and oxygen atoms in total. The van der Waals surface area contributed by atoms with Crippen LogP contribution in [0.4, 0.5) is 0 Å². The van der Waals surface area contributed by atoms with Crippen molar-refractivity contribution in [3.05, 3.63) is 35.3 Å². The Bertz CT molecular complexity index is 697. The van der Waals surface area contributed by atoms with E-state index in [0.29, 0.717) is 5.01 Å². The first kappa shape index (κ1) is 17.9. The van der Waals surface area contributed by atoms with Gasteiger partial charge in [-0.05, 0) is 37.6 Å². The van der Waals surface area contributed by atoms with Gasteiger partial charge in [-0.2, -0.15) is 0 Å². The van der Waals surface area contributed by atoms with Gasteiger partial charge in [0, 0.05) is 17.0 Å². The van der Waals surface area contributed by atoms with Gasteiger partial charge in [0.1, 0.15) is 10.8 Å². The Balaban J connectivity index is 1.94. The van der Waals surface area contributed by atoms with Gasteiger partial charge in [0.25, 0.3) is 5.91 Å². The monoisotopic (exact) mass is 348 g/mol. The van der Waals surface area contributed by atoms with Gasteiger partial charge in [0.15, 0.2) is 12.3 Å². The molecule has 0 saturated heterocycles. The minimum absolute atomic E-state index is 0.0529. The minimum Gasteiger partial charge on any atom is -0.497 e. The highest BCUT2D eigenvalue weighted by atomic mass is 32.1. The van der Waals surface area contributed by atoms with Crippen molar-refractivity contribution >= 4 is 23.2 Å². The number of esters is 1. The summed E-state index contributed by atoms with van der Waals surface area (Å²) in [7, 11) is 1.60. The summed E-state index contributed by atoms with van der Waals surface area (Å²) in [5.41, 5.74) is 1.08. The van der Waals surface area contributed by atoms with Gasteiger partial charge in [-0.3, -0.25) is 4.79 Å². The summed E-state index contributed by atoms with van der Waals surface area (Å²) < 4.78 is 10.1. The van der Waals surface area contributed by atoms with Crippen molar-refractivity contribution in [2.75, 3.05) is 13.7 Å². The van der Waals surface area contributed by atoms with E-state index < -0.39 is 5.97 Å². The van der Waals surface area contributed by atoms with Crippen LogP contribution in [0.15, 0.2) is 29.6 Å². The number of carbonyl (C=O) groups excluding carboxylic acids is 2. The molecule has 0 aliphatic heterocycles. The molecule has 1 amide bonds. The van der Waals surface area contributed by atoms with Crippen LogP contribution in [0.2, 0.25) is 0 Å². The molecule has 1 heterocycles. The van der Waals surface area contributed by atoms with Crippen LogP contribution in [0.5, 0.6) is 5.75 Å². The number of aromatic nitrogens is 1. The highest BCUT2D eigenvalue weighted by Crippen LogP contribution is 2.25. The average molecular weight is 348 g/mol. The van der Waals surface area contributed by atoms with Crippen molar-refractivity contribution in [1.82, 2.24) is 10.3 Å². The molecule has 1 aromatic carbocycles. The molecule has 0 unspecified atom stereocenters. The molecule has 0 spiro atoms. The van der Waals surface area contributed by atoms with Gasteiger partial charge in [-0.25, -0.2) is 9.78 Å². The van der Waals surface area contributed by atoms with E-state index in [2.05, 4.69) is 10.3 Å². The molecule has 1 atom stereocenters. The van der Waals surface area contributed by atoms with E-state index >= 15 is 0 Å². The Morgan fingerprint density at radius 2 is 2.00 bits per heavy atom. The van der Waals surface area contributed by atoms with Gasteiger partial charge >= 0.3 is 5.97 Å². The van der Waals surface area contributed by atoms with E-state index in [4.69, 9.17) is 9.47 Å². The Kier molecular flexibility index (Phi) is 6.31. The molecule has 0 aliphatic rings. The van der Waals surface area contributed by atoms with Gasteiger partial charge in [0.05, 0.1) is 7.11 Å². The van der Waals surface area contributed by atoms with Crippen molar-refractivity contribution in [2.45, 2.75) is 26.3 Å². The fourth-order valence-electron chi connectivity index (χ4n) is 1.86. The van der Waals surface area contributed by atoms with Crippen molar-refractivity contribution in [3.63, 3.8) is 0 Å². The summed E-state index contributed by atoms with van der Waals surface area (Å²) >= 11 is 1.34. The van der Waals surface area contributed by atoms with Crippen LogP contribution in [0.1, 0.15) is 30.8 Å². The Morgan fingerprint density at radius 3 is 2.62 bits per heavy atom. The molecule has 0 aliphatic carbocycles. The number of nitrogens with zero attached hydrogens (tertiary/aromatic N) is 1. The van der Waals surface area contributed by atoms with Gasteiger partial charge in [-0.15, -0.1) is 11.3 Å².